The number of halogens is 1. The number of anilines is 1. The smallest absolute Gasteiger partial charge is 0.273 e. The van der Waals surface area contributed by atoms with E-state index in [1.165, 1.54) is 11.0 Å². The van der Waals surface area contributed by atoms with Crippen LogP contribution in [0.25, 0.3) is 10.9 Å². The zero-order chi connectivity index (χ0) is 28.1. The van der Waals surface area contributed by atoms with Crippen LogP contribution in [0, 0.1) is 5.82 Å². The van der Waals surface area contributed by atoms with Crippen LogP contribution in [0.3, 0.4) is 0 Å². The number of amides is 3. The molecule has 2 aliphatic rings. The van der Waals surface area contributed by atoms with Gasteiger partial charge in [-0.25, -0.2) is 14.3 Å². The summed E-state index contributed by atoms with van der Waals surface area (Å²) in [5.74, 6) is -2.40. The first-order valence-electron chi connectivity index (χ1n) is 13.1. The van der Waals surface area contributed by atoms with Crippen molar-refractivity contribution in [3.63, 3.8) is 0 Å². The van der Waals surface area contributed by atoms with Gasteiger partial charge in [0, 0.05) is 16.5 Å². The lowest BCUT2D eigenvalue weighted by Gasteiger charge is -2.28. The van der Waals surface area contributed by atoms with Gasteiger partial charge in [0.05, 0.1) is 40.3 Å². The molecule has 7 rings (SSSR count). The Hall–Kier alpha value is -5.50. The molecular weight excluding hydrogens is 519 g/mol. The van der Waals surface area contributed by atoms with Gasteiger partial charge >= 0.3 is 0 Å². The van der Waals surface area contributed by atoms with Crippen LogP contribution in [0.2, 0.25) is 0 Å². The fraction of sp³-hybridized carbons (Fsp3) is 0.0606. The summed E-state index contributed by atoms with van der Waals surface area (Å²) in [6, 6.07) is 31.0. The average Bonchev–Trinajstić information content (AvgIpc) is 3.19. The normalized spacial score (nSPS) is 16.5. The van der Waals surface area contributed by atoms with Gasteiger partial charge in [0.2, 0.25) is 6.17 Å². The summed E-state index contributed by atoms with van der Waals surface area (Å²) in [5, 5.41) is 0.952. The number of para-hydroxylation sites is 2. The molecule has 1 aromatic heterocycles. The Kier molecular flexibility index (Phi) is 5.75. The van der Waals surface area contributed by atoms with Gasteiger partial charge in [0.25, 0.3) is 17.7 Å². The molecule has 0 bridgehead atoms. The maximum absolute atomic E-state index is 15.2. The third kappa shape index (κ3) is 4.00. The largest absolute Gasteiger partial charge is 0.302 e. The van der Waals surface area contributed by atoms with Crippen molar-refractivity contribution < 1.29 is 18.8 Å². The van der Waals surface area contributed by atoms with E-state index in [0.717, 1.165) is 15.8 Å². The summed E-state index contributed by atoms with van der Waals surface area (Å²) in [5.41, 5.74) is 3.03. The molecule has 3 heterocycles. The van der Waals surface area contributed by atoms with Crippen molar-refractivity contribution in [2.75, 3.05) is 4.90 Å². The number of imide groups is 1. The van der Waals surface area contributed by atoms with E-state index in [-0.39, 0.29) is 28.9 Å². The standard InChI is InChI=1S/C33H21FN4O3/c34-26-14-6-4-12-24(26)29-25-13-5-8-16-28(25)37(19-21-18-17-20-9-1-7-15-27(20)35-21)33(41)30(36-29)38-31(39)22-10-2-3-11-23(22)32(38)40/h1-18,30H,19H2. The highest BCUT2D eigenvalue weighted by Gasteiger charge is 2.46. The maximum atomic E-state index is 15.2. The summed E-state index contributed by atoms with van der Waals surface area (Å²) in [6.45, 7) is 0.0421. The molecule has 1 atom stereocenters. The Morgan fingerprint density at radius 1 is 0.659 bits per heavy atom. The number of benzene rings is 4. The molecule has 3 amide bonds. The fourth-order valence-corrected chi connectivity index (χ4v) is 5.40. The number of rotatable bonds is 4. The number of aromatic nitrogens is 1. The third-order valence-electron chi connectivity index (χ3n) is 7.36. The predicted molar refractivity (Wildman–Crippen MR) is 152 cm³/mol. The molecule has 0 aliphatic carbocycles. The van der Waals surface area contributed by atoms with Gasteiger partial charge in [-0.3, -0.25) is 19.4 Å². The van der Waals surface area contributed by atoms with E-state index in [0.29, 0.717) is 16.9 Å². The van der Waals surface area contributed by atoms with E-state index in [1.54, 1.807) is 66.7 Å². The molecule has 0 N–H and O–H groups in total. The van der Waals surface area contributed by atoms with Crippen LogP contribution in [0.5, 0.6) is 0 Å². The molecule has 7 nitrogen and oxygen atoms in total. The van der Waals surface area contributed by atoms with Gasteiger partial charge in [0.15, 0.2) is 0 Å². The van der Waals surface area contributed by atoms with Crippen LogP contribution >= 0.6 is 0 Å². The van der Waals surface area contributed by atoms with E-state index in [1.807, 2.05) is 36.4 Å². The Morgan fingerprint density at radius 2 is 1.27 bits per heavy atom. The van der Waals surface area contributed by atoms with Crippen molar-refractivity contribution in [1.29, 1.82) is 0 Å². The molecule has 0 saturated carbocycles. The molecule has 0 spiro atoms. The highest BCUT2D eigenvalue weighted by Crippen LogP contribution is 2.34. The maximum Gasteiger partial charge on any atom is 0.273 e. The summed E-state index contributed by atoms with van der Waals surface area (Å²) in [6.07, 6.45) is -1.56. The minimum atomic E-state index is -1.56. The van der Waals surface area contributed by atoms with Crippen molar-refractivity contribution in [3.8, 4) is 0 Å². The molecule has 0 radical (unpaired) electrons. The highest BCUT2D eigenvalue weighted by atomic mass is 19.1. The van der Waals surface area contributed by atoms with E-state index in [4.69, 9.17) is 4.98 Å². The van der Waals surface area contributed by atoms with Crippen LogP contribution < -0.4 is 4.90 Å². The number of aliphatic imine (C=N–C) groups is 1. The molecule has 5 aromatic rings. The Labute approximate surface area is 234 Å². The van der Waals surface area contributed by atoms with Gasteiger partial charge in [-0.1, -0.05) is 66.7 Å². The zero-order valence-electron chi connectivity index (χ0n) is 21.6. The van der Waals surface area contributed by atoms with Gasteiger partial charge < -0.3 is 4.90 Å². The van der Waals surface area contributed by atoms with Gasteiger partial charge in [-0.2, -0.15) is 0 Å². The van der Waals surface area contributed by atoms with Gasteiger partial charge in [0.1, 0.15) is 5.82 Å². The Bertz CT molecular complexity index is 1900. The van der Waals surface area contributed by atoms with Gasteiger partial charge in [-0.15, -0.1) is 0 Å². The first-order chi connectivity index (χ1) is 20.0. The monoisotopic (exact) mass is 540 g/mol. The second-order valence-electron chi connectivity index (χ2n) is 9.79. The summed E-state index contributed by atoms with van der Waals surface area (Å²) in [4.78, 5) is 53.3. The number of nitrogens with zero attached hydrogens (tertiary/aromatic N) is 4. The molecule has 0 saturated heterocycles. The molecular formula is C33H21FN4O3. The Balaban J connectivity index is 1.41. The SMILES string of the molecule is O=C1C(N2C(=O)c3ccccc3C2=O)N=C(c2ccccc2F)c2ccccc2N1Cc1ccc2ccccc2n1. The van der Waals surface area contributed by atoms with Crippen LogP contribution in [0.15, 0.2) is 114 Å². The lowest BCUT2D eigenvalue weighted by atomic mass is 9.99. The minimum absolute atomic E-state index is 0.0421. The van der Waals surface area contributed by atoms with Crippen molar-refractivity contribution in [3.05, 3.63) is 143 Å². The predicted octanol–water partition coefficient (Wildman–Crippen LogP) is 5.38. The second kappa shape index (κ2) is 9.60. The molecule has 0 fully saturated rings. The van der Waals surface area contributed by atoms with Crippen LogP contribution in [0.4, 0.5) is 10.1 Å². The van der Waals surface area contributed by atoms with Crippen molar-refractivity contribution in [1.82, 2.24) is 9.88 Å². The van der Waals surface area contributed by atoms with Crippen LogP contribution in [-0.2, 0) is 11.3 Å². The van der Waals surface area contributed by atoms with Crippen LogP contribution in [-0.4, -0.2) is 39.5 Å². The topological polar surface area (TPSA) is 82.9 Å². The fourth-order valence-electron chi connectivity index (χ4n) is 5.40. The lowest BCUT2D eigenvalue weighted by Crippen LogP contribution is -2.49. The third-order valence-corrected chi connectivity index (χ3v) is 7.36. The average molecular weight is 541 g/mol. The summed E-state index contributed by atoms with van der Waals surface area (Å²) in [7, 11) is 0. The summed E-state index contributed by atoms with van der Waals surface area (Å²) < 4.78 is 15.2. The molecule has 1 unspecified atom stereocenters. The summed E-state index contributed by atoms with van der Waals surface area (Å²) >= 11 is 0. The number of benzodiazepines with no additional fused rings is 1. The number of carbonyl (C=O) groups excluding carboxylic acids is 3. The molecule has 2 aliphatic heterocycles. The number of pyridine rings is 1. The van der Waals surface area contributed by atoms with E-state index < -0.39 is 29.7 Å². The highest BCUT2D eigenvalue weighted by molar-refractivity contribution is 6.25. The van der Waals surface area contributed by atoms with E-state index in [2.05, 4.69) is 4.99 Å². The van der Waals surface area contributed by atoms with E-state index >= 15 is 4.39 Å². The number of carbonyl (C=O) groups is 3. The van der Waals surface area contributed by atoms with Crippen molar-refractivity contribution in [2.24, 2.45) is 4.99 Å². The first-order valence-corrected chi connectivity index (χ1v) is 13.1. The number of fused-ring (bicyclic) bond motifs is 3. The van der Waals surface area contributed by atoms with E-state index in [9.17, 15) is 14.4 Å². The molecule has 41 heavy (non-hydrogen) atoms. The first kappa shape index (κ1) is 24.5. The quantitative estimate of drug-likeness (QED) is 0.287. The minimum Gasteiger partial charge on any atom is -0.302 e. The lowest BCUT2D eigenvalue weighted by molar-refractivity contribution is -0.122. The van der Waals surface area contributed by atoms with Gasteiger partial charge in [-0.05, 0) is 42.5 Å². The molecule has 4 aromatic carbocycles. The van der Waals surface area contributed by atoms with Crippen molar-refractivity contribution >= 4 is 40.0 Å². The molecule has 198 valence electrons. The Morgan fingerprint density at radius 3 is 2.00 bits per heavy atom. The number of hydrogen-bond donors (Lipinski definition) is 0. The zero-order valence-corrected chi connectivity index (χ0v) is 21.6. The van der Waals surface area contributed by atoms with Crippen LogP contribution in [0.1, 0.15) is 37.5 Å². The molecule has 8 heteroatoms. The van der Waals surface area contributed by atoms with Crippen molar-refractivity contribution in [2.45, 2.75) is 12.7 Å². The second-order valence-corrected chi connectivity index (χ2v) is 9.79. The number of hydrogen-bond acceptors (Lipinski definition) is 5.